The highest BCUT2D eigenvalue weighted by Crippen LogP contribution is 2.24. The molecule has 1 aromatic heterocycles. The molecule has 0 atom stereocenters. The quantitative estimate of drug-likeness (QED) is 0.824. The van der Waals surface area contributed by atoms with Crippen molar-refractivity contribution >= 4 is 23.4 Å². The molecule has 3 rings (SSSR count). The Balaban J connectivity index is 1.76. The lowest BCUT2D eigenvalue weighted by atomic mass is 10.2. The maximum atomic E-state index is 12.0. The van der Waals surface area contributed by atoms with Gasteiger partial charge in [0.25, 0.3) is 0 Å². The maximum absolute atomic E-state index is 12.0. The number of hydrogen-bond donors (Lipinski definition) is 2. The molecule has 0 saturated heterocycles. The van der Waals surface area contributed by atoms with Gasteiger partial charge in [-0.25, -0.2) is 14.5 Å². The third-order valence-corrected chi connectivity index (χ3v) is 2.83. The number of para-hydroxylation sites is 1. The van der Waals surface area contributed by atoms with Gasteiger partial charge in [-0.2, -0.15) is 0 Å². The molecular weight excluding hydrogens is 246 g/mol. The molecule has 0 fully saturated rings. The van der Waals surface area contributed by atoms with Gasteiger partial charge in [-0.3, -0.25) is 0 Å². The fraction of sp³-hybridized carbons (Fsp3) is 0.0769. The topological polar surface area (TPSA) is 74.6 Å². The van der Waals surface area contributed by atoms with Gasteiger partial charge in [-0.1, -0.05) is 18.2 Å². The van der Waals surface area contributed by atoms with E-state index in [1.54, 1.807) is 24.3 Å². The monoisotopic (exact) mass is 257 g/mol. The number of carbonyl (C=O) groups excluding carboxylic acids is 2. The normalized spacial score (nSPS) is 13.7. The zero-order valence-corrected chi connectivity index (χ0v) is 9.92. The third-order valence-electron chi connectivity index (χ3n) is 2.83. The van der Waals surface area contributed by atoms with Gasteiger partial charge in [0, 0.05) is 11.3 Å². The number of hydrogen-bond acceptors (Lipinski definition) is 3. The highest BCUT2D eigenvalue weighted by molar-refractivity contribution is 6.06. The summed E-state index contributed by atoms with van der Waals surface area (Å²) in [5, 5.41) is 5.25. The average Bonchev–Trinajstić information content (AvgIpc) is 2.86. The highest BCUT2D eigenvalue weighted by atomic mass is 16.3. The number of carbonyl (C=O) groups is 2. The lowest BCUT2D eigenvalue weighted by Crippen LogP contribution is -2.44. The van der Waals surface area contributed by atoms with E-state index in [1.165, 1.54) is 12.5 Å². The molecule has 2 heterocycles. The van der Waals surface area contributed by atoms with Crippen molar-refractivity contribution in [2.45, 2.75) is 6.54 Å². The number of nitrogens with zero attached hydrogens (tertiary/aromatic N) is 1. The van der Waals surface area contributed by atoms with Crippen LogP contribution in [-0.2, 0) is 6.54 Å². The van der Waals surface area contributed by atoms with Gasteiger partial charge in [0.05, 0.1) is 18.5 Å². The summed E-state index contributed by atoms with van der Waals surface area (Å²) in [6.07, 6.45) is 2.96. The molecule has 96 valence electrons. The van der Waals surface area contributed by atoms with Crippen LogP contribution in [0, 0.1) is 0 Å². The molecule has 0 saturated carbocycles. The van der Waals surface area contributed by atoms with Crippen molar-refractivity contribution in [2.24, 2.45) is 0 Å². The SMILES string of the molecule is O=C(Nc1ccccc1)N1Cc2cocc2NC1=O. The second-order valence-electron chi connectivity index (χ2n) is 4.12. The van der Waals surface area contributed by atoms with E-state index in [0.717, 1.165) is 10.5 Å². The first-order valence-corrected chi connectivity index (χ1v) is 5.73. The predicted octanol–water partition coefficient (Wildman–Crippen LogP) is 2.86. The van der Waals surface area contributed by atoms with Crippen LogP contribution in [0.1, 0.15) is 5.56 Å². The van der Waals surface area contributed by atoms with Crippen LogP contribution < -0.4 is 10.6 Å². The molecule has 0 unspecified atom stereocenters. The maximum Gasteiger partial charge on any atom is 0.330 e. The number of amides is 4. The van der Waals surface area contributed by atoms with Gasteiger partial charge < -0.3 is 15.1 Å². The van der Waals surface area contributed by atoms with Gasteiger partial charge in [0.15, 0.2) is 0 Å². The van der Waals surface area contributed by atoms with Crippen molar-refractivity contribution in [3.05, 3.63) is 48.4 Å². The fourth-order valence-corrected chi connectivity index (χ4v) is 1.86. The van der Waals surface area contributed by atoms with Gasteiger partial charge in [0.2, 0.25) is 0 Å². The molecule has 0 bridgehead atoms. The molecule has 0 spiro atoms. The third kappa shape index (κ3) is 2.15. The van der Waals surface area contributed by atoms with Crippen LogP contribution in [0.25, 0.3) is 0 Å². The number of fused-ring (bicyclic) bond motifs is 1. The number of rotatable bonds is 1. The van der Waals surface area contributed by atoms with Crippen LogP contribution in [0.5, 0.6) is 0 Å². The van der Waals surface area contributed by atoms with E-state index in [0.29, 0.717) is 11.4 Å². The van der Waals surface area contributed by atoms with E-state index in [2.05, 4.69) is 10.6 Å². The number of anilines is 2. The molecular formula is C13H11N3O3. The molecule has 2 aromatic rings. The van der Waals surface area contributed by atoms with Crippen molar-refractivity contribution in [3.8, 4) is 0 Å². The first kappa shape index (κ1) is 11.3. The van der Waals surface area contributed by atoms with Crippen LogP contribution in [0.3, 0.4) is 0 Å². The Morgan fingerprint density at radius 1 is 1.26 bits per heavy atom. The number of nitrogens with one attached hydrogen (secondary N) is 2. The van der Waals surface area contributed by atoms with Crippen molar-refractivity contribution < 1.29 is 14.0 Å². The van der Waals surface area contributed by atoms with E-state index < -0.39 is 12.1 Å². The van der Waals surface area contributed by atoms with E-state index in [1.807, 2.05) is 6.07 Å². The van der Waals surface area contributed by atoms with Crippen LogP contribution in [-0.4, -0.2) is 17.0 Å². The number of benzene rings is 1. The first-order chi connectivity index (χ1) is 9.24. The van der Waals surface area contributed by atoms with Gasteiger partial charge in [-0.15, -0.1) is 0 Å². The Hall–Kier alpha value is -2.76. The van der Waals surface area contributed by atoms with Crippen molar-refractivity contribution in [1.29, 1.82) is 0 Å². The summed E-state index contributed by atoms with van der Waals surface area (Å²) in [5.41, 5.74) is 2.01. The van der Waals surface area contributed by atoms with Gasteiger partial charge in [-0.05, 0) is 12.1 Å². The van der Waals surface area contributed by atoms with Crippen LogP contribution in [0.2, 0.25) is 0 Å². The molecule has 2 N–H and O–H groups in total. The summed E-state index contributed by atoms with van der Waals surface area (Å²) in [4.78, 5) is 24.9. The average molecular weight is 257 g/mol. The summed E-state index contributed by atoms with van der Waals surface area (Å²) < 4.78 is 4.99. The van der Waals surface area contributed by atoms with E-state index in [9.17, 15) is 9.59 Å². The van der Waals surface area contributed by atoms with Crippen LogP contribution in [0.4, 0.5) is 21.0 Å². The first-order valence-electron chi connectivity index (χ1n) is 5.73. The molecule has 1 aliphatic heterocycles. The summed E-state index contributed by atoms with van der Waals surface area (Å²) >= 11 is 0. The molecule has 4 amide bonds. The van der Waals surface area contributed by atoms with Crippen LogP contribution in [0.15, 0.2) is 47.3 Å². The second-order valence-corrected chi connectivity index (χ2v) is 4.12. The van der Waals surface area contributed by atoms with Gasteiger partial charge >= 0.3 is 12.1 Å². The van der Waals surface area contributed by atoms with Crippen molar-refractivity contribution in [1.82, 2.24) is 4.90 Å². The molecule has 0 radical (unpaired) electrons. The zero-order valence-electron chi connectivity index (χ0n) is 9.92. The lowest BCUT2D eigenvalue weighted by molar-refractivity contribution is 0.199. The number of urea groups is 2. The molecule has 6 heteroatoms. The zero-order chi connectivity index (χ0) is 13.2. The Bertz CT molecular complexity index is 621. The van der Waals surface area contributed by atoms with Gasteiger partial charge in [0.1, 0.15) is 6.26 Å². The Labute approximate surface area is 109 Å². The Kier molecular flexibility index (Phi) is 2.68. The largest absolute Gasteiger partial charge is 0.470 e. The predicted molar refractivity (Wildman–Crippen MR) is 68.7 cm³/mol. The summed E-state index contributed by atoms with van der Waals surface area (Å²) in [6, 6.07) is 8.02. The Morgan fingerprint density at radius 2 is 2.05 bits per heavy atom. The summed E-state index contributed by atoms with van der Waals surface area (Å²) in [7, 11) is 0. The molecule has 1 aromatic carbocycles. The number of furan rings is 1. The fourth-order valence-electron chi connectivity index (χ4n) is 1.86. The minimum atomic E-state index is -0.476. The highest BCUT2D eigenvalue weighted by Gasteiger charge is 2.28. The summed E-state index contributed by atoms with van der Waals surface area (Å²) in [6.45, 7) is 0.191. The van der Waals surface area contributed by atoms with E-state index in [4.69, 9.17) is 4.42 Å². The minimum absolute atomic E-state index is 0.191. The van der Waals surface area contributed by atoms with Crippen molar-refractivity contribution in [2.75, 3.05) is 10.6 Å². The molecule has 0 aliphatic carbocycles. The standard InChI is InChI=1S/C13H11N3O3/c17-12(14-10-4-2-1-3-5-10)16-6-9-7-19-8-11(9)15-13(16)18/h1-5,7-8H,6H2,(H,14,17)(H,15,18). The molecule has 19 heavy (non-hydrogen) atoms. The van der Waals surface area contributed by atoms with E-state index in [-0.39, 0.29) is 6.54 Å². The van der Waals surface area contributed by atoms with E-state index >= 15 is 0 Å². The Morgan fingerprint density at radius 3 is 2.84 bits per heavy atom. The molecule has 1 aliphatic rings. The lowest BCUT2D eigenvalue weighted by Gasteiger charge is -2.25. The second kappa shape index (κ2) is 4.49. The van der Waals surface area contributed by atoms with Crippen LogP contribution >= 0.6 is 0 Å². The molecule has 6 nitrogen and oxygen atoms in total. The number of imide groups is 1. The smallest absolute Gasteiger partial charge is 0.330 e. The minimum Gasteiger partial charge on any atom is -0.470 e. The summed E-state index contributed by atoms with van der Waals surface area (Å²) in [5.74, 6) is 0. The van der Waals surface area contributed by atoms with Crippen molar-refractivity contribution in [3.63, 3.8) is 0 Å².